The van der Waals surface area contributed by atoms with Gasteiger partial charge in [0.2, 0.25) is 0 Å². The fourth-order valence-electron chi connectivity index (χ4n) is 2.55. The van der Waals surface area contributed by atoms with Crippen molar-refractivity contribution < 1.29 is 4.74 Å². The number of imidazole rings is 1. The van der Waals surface area contributed by atoms with Crippen molar-refractivity contribution in [3.8, 4) is 5.75 Å². The molecule has 2 aromatic carbocycles. The van der Waals surface area contributed by atoms with E-state index in [2.05, 4.69) is 52.2 Å². The summed E-state index contributed by atoms with van der Waals surface area (Å²) in [5, 5.41) is 0. The number of fused-ring (bicyclic) bond motifs is 1. The van der Waals surface area contributed by atoms with Gasteiger partial charge in [-0.1, -0.05) is 53.7 Å². The van der Waals surface area contributed by atoms with Crippen LogP contribution in [0, 0.1) is 0 Å². The van der Waals surface area contributed by atoms with Gasteiger partial charge in [0.15, 0.2) is 0 Å². The Morgan fingerprint density at radius 2 is 1.91 bits per heavy atom. The van der Waals surface area contributed by atoms with Crippen molar-refractivity contribution >= 4 is 27.0 Å². The van der Waals surface area contributed by atoms with Gasteiger partial charge >= 0.3 is 0 Å². The van der Waals surface area contributed by atoms with E-state index in [0.29, 0.717) is 13.2 Å². The molecule has 0 aliphatic heterocycles. The molecule has 1 heterocycles. The van der Waals surface area contributed by atoms with Crippen LogP contribution in [-0.2, 0) is 19.6 Å². The second-order valence-electron chi connectivity index (χ2n) is 5.41. The number of hydrogen-bond donors (Lipinski definition) is 0. The second kappa shape index (κ2) is 7.01. The van der Waals surface area contributed by atoms with E-state index in [1.54, 1.807) is 0 Å². The Morgan fingerprint density at radius 1 is 1.17 bits per heavy atom. The molecular weight excluding hydrogens is 352 g/mol. The maximum Gasteiger partial charge on any atom is 0.148 e. The number of aromatic nitrogens is 2. The summed E-state index contributed by atoms with van der Waals surface area (Å²) in [6.07, 6.45) is 1.03. The molecule has 118 valence electrons. The van der Waals surface area contributed by atoms with Crippen LogP contribution in [0.15, 0.2) is 59.6 Å². The third kappa shape index (κ3) is 3.64. The van der Waals surface area contributed by atoms with Crippen molar-refractivity contribution in [2.75, 3.05) is 0 Å². The average molecular weight is 371 g/mol. The highest BCUT2D eigenvalue weighted by Crippen LogP contribution is 2.21. The van der Waals surface area contributed by atoms with Crippen molar-refractivity contribution in [2.24, 2.45) is 0 Å². The molecule has 1 aromatic heterocycles. The summed E-state index contributed by atoms with van der Waals surface area (Å²) in [5.74, 6) is 1.75. The average Bonchev–Trinajstić information content (AvgIpc) is 2.91. The molecular formula is C19H19BrN2O. The summed E-state index contributed by atoms with van der Waals surface area (Å²) < 4.78 is 8.96. The Hall–Kier alpha value is -2.07. The third-order valence-electron chi connectivity index (χ3n) is 3.76. The highest BCUT2D eigenvalue weighted by atomic mass is 79.9. The minimum Gasteiger partial charge on any atom is -0.486 e. The molecule has 0 atom stereocenters. The summed E-state index contributed by atoms with van der Waals surface area (Å²) >= 11 is 3.44. The van der Waals surface area contributed by atoms with Crippen LogP contribution in [0.2, 0.25) is 0 Å². The topological polar surface area (TPSA) is 27.1 Å². The van der Waals surface area contributed by atoms with Crippen molar-refractivity contribution in [3.05, 3.63) is 71.0 Å². The number of ether oxygens (including phenoxy) is 1. The van der Waals surface area contributed by atoms with Gasteiger partial charge in [0.25, 0.3) is 0 Å². The monoisotopic (exact) mass is 370 g/mol. The highest BCUT2D eigenvalue weighted by Gasteiger charge is 2.11. The van der Waals surface area contributed by atoms with Crippen molar-refractivity contribution in [3.63, 3.8) is 0 Å². The number of hydrogen-bond acceptors (Lipinski definition) is 2. The Labute approximate surface area is 144 Å². The summed E-state index contributed by atoms with van der Waals surface area (Å²) in [6, 6.07) is 16.3. The van der Waals surface area contributed by atoms with Gasteiger partial charge in [-0.2, -0.15) is 0 Å². The second-order valence-corrected chi connectivity index (χ2v) is 6.53. The zero-order valence-electron chi connectivity index (χ0n) is 13.1. The molecule has 0 aliphatic rings. The number of nitrogens with zero attached hydrogens (tertiary/aromatic N) is 2. The van der Waals surface area contributed by atoms with E-state index in [1.807, 2.05) is 30.3 Å². The van der Waals surface area contributed by atoms with Crippen LogP contribution in [0.4, 0.5) is 0 Å². The van der Waals surface area contributed by atoms with Crippen LogP contribution in [0.3, 0.4) is 0 Å². The first-order valence-electron chi connectivity index (χ1n) is 7.66. The summed E-state index contributed by atoms with van der Waals surface area (Å²) in [7, 11) is 0. The van der Waals surface area contributed by atoms with E-state index in [4.69, 9.17) is 9.72 Å². The molecule has 3 rings (SSSR count). The van der Waals surface area contributed by atoms with E-state index >= 15 is 0 Å². The molecule has 3 nitrogen and oxygen atoms in total. The first kappa shape index (κ1) is 15.8. The molecule has 0 N–H and O–H groups in total. The SMILES string of the molecule is C=C(Br)Cn1c(COc2ccc(CC)cc2)nc2ccccc21. The summed E-state index contributed by atoms with van der Waals surface area (Å²) in [4.78, 5) is 4.69. The first-order chi connectivity index (χ1) is 11.2. The molecule has 23 heavy (non-hydrogen) atoms. The van der Waals surface area contributed by atoms with Gasteiger partial charge in [0.05, 0.1) is 17.6 Å². The predicted octanol–water partition coefficient (Wildman–Crippen LogP) is 5.09. The molecule has 0 bridgehead atoms. The van der Waals surface area contributed by atoms with E-state index in [-0.39, 0.29) is 0 Å². The van der Waals surface area contributed by atoms with Crippen LogP contribution in [-0.4, -0.2) is 9.55 Å². The number of allylic oxidation sites excluding steroid dienone is 1. The number of aryl methyl sites for hydroxylation is 1. The van der Waals surface area contributed by atoms with Gasteiger partial charge in [0, 0.05) is 4.48 Å². The number of rotatable bonds is 6. The van der Waals surface area contributed by atoms with Crippen molar-refractivity contribution in [1.82, 2.24) is 9.55 Å². The fraction of sp³-hybridized carbons (Fsp3) is 0.211. The van der Waals surface area contributed by atoms with Gasteiger partial charge < -0.3 is 9.30 Å². The standard InChI is InChI=1S/C19H19BrN2O/c1-3-15-8-10-16(11-9-15)23-13-19-21-17-6-4-5-7-18(17)22(19)12-14(2)20/h4-11H,2-3,12-13H2,1H3. The predicted molar refractivity (Wildman–Crippen MR) is 98.0 cm³/mol. The van der Waals surface area contributed by atoms with Gasteiger partial charge in [-0.05, 0) is 36.2 Å². The zero-order chi connectivity index (χ0) is 16.2. The van der Waals surface area contributed by atoms with E-state index in [0.717, 1.165) is 33.5 Å². The molecule has 0 amide bonds. The highest BCUT2D eigenvalue weighted by molar-refractivity contribution is 9.11. The Morgan fingerprint density at radius 3 is 2.61 bits per heavy atom. The van der Waals surface area contributed by atoms with Crippen LogP contribution in [0.5, 0.6) is 5.75 Å². The van der Waals surface area contributed by atoms with Crippen LogP contribution in [0.1, 0.15) is 18.3 Å². The van der Waals surface area contributed by atoms with Crippen LogP contribution in [0.25, 0.3) is 11.0 Å². The lowest BCUT2D eigenvalue weighted by Gasteiger charge is -2.10. The molecule has 3 aromatic rings. The fourth-order valence-corrected chi connectivity index (χ4v) is 2.80. The molecule has 0 saturated heterocycles. The first-order valence-corrected chi connectivity index (χ1v) is 8.46. The van der Waals surface area contributed by atoms with Crippen LogP contribution < -0.4 is 4.74 Å². The van der Waals surface area contributed by atoms with Gasteiger partial charge in [-0.25, -0.2) is 4.98 Å². The smallest absolute Gasteiger partial charge is 0.148 e. The quantitative estimate of drug-likeness (QED) is 0.604. The molecule has 0 fully saturated rings. The van der Waals surface area contributed by atoms with Crippen LogP contribution >= 0.6 is 15.9 Å². The summed E-state index contributed by atoms with van der Waals surface area (Å²) in [5.41, 5.74) is 3.37. The zero-order valence-corrected chi connectivity index (χ0v) is 14.7. The van der Waals surface area contributed by atoms with E-state index in [1.165, 1.54) is 5.56 Å². The minimum atomic E-state index is 0.431. The normalized spacial score (nSPS) is 10.9. The Balaban J connectivity index is 1.84. The maximum absolute atomic E-state index is 5.92. The largest absolute Gasteiger partial charge is 0.486 e. The number of halogens is 1. The molecule has 0 unspecified atom stereocenters. The Bertz CT molecular complexity index is 821. The molecule has 0 spiro atoms. The third-order valence-corrected chi connectivity index (χ3v) is 4.01. The Kier molecular flexibility index (Phi) is 4.82. The lowest BCUT2D eigenvalue weighted by atomic mass is 10.2. The van der Waals surface area contributed by atoms with Gasteiger partial charge in [-0.15, -0.1) is 0 Å². The maximum atomic E-state index is 5.92. The summed E-state index contributed by atoms with van der Waals surface area (Å²) in [6.45, 7) is 7.19. The lowest BCUT2D eigenvalue weighted by Crippen LogP contribution is -2.07. The lowest BCUT2D eigenvalue weighted by molar-refractivity contribution is 0.291. The molecule has 4 heteroatoms. The number of para-hydroxylation sites is 2. The van der Waals surface area contributed by atoms with Gasteiger partial charge in [0.1, 0.15) is 18.2 Å². The van der Waals surface area contributed by atoms with E-state index < -0.39 is 0 Å². The van der Waals surface area contributed by atoms with Crippen molar-refractivity contribution in [1.29, 1.82) is 0 Å². The van der Waals surface area contributed by atoms with E-state index in [9.17, 15) is 0 Å². The molecule has 0 radical (unpaired) electrons. The molecule has 0 saturated carbocycles. The minimum absolute atomic E-state index is 0.431. The van der Waals surface area contributed by atoms with Gasteiger partial charge in [-0.3, -0.25) is 0 Å². The van der Waals surface area contributed by atoms with Crippen molar-refractivity contribution in [2.45, 2.75) is 26.5 Å². The number of benzene rings is 2. The molecule has 0 aliphatic carbocycles.